The van der Waals surface area contributed by atoms with Crippen LogP contribution in [0.4, 0.5) is 16.2 Å². The maximum atomic E-state index is 13.4. The van der Waals surface area contributed by atoms with Gasteiger partial charge in [0.15, 0.2) is 0 Å². The number of urea groups is 1. The highest BCUT2D eigenvalue weighted by Gasteiger charge is 2.34. The number of amides is 4. The van der Waals surface area contributed by atoms with E-state index >= 15 is 0 Å². The van der Waals surface area contributed by atoms with Crippen LogP contribution >= 0.6 is 0 Å². The molecule has 0 radical (unpaired) electrons. The van der Waals surface area contributed by atoms with E-state index in [1.807, 2.05) is 13.0 Å². The van der Waals surface area contributed by atoms with Gasteiger partial charge < -0.3 is 30.2 Å². The number of hydrogen-bond donors (Lipinski definition) is 3. The Morgan fingerprint density at radius 3 is 2.40 bits per heavy atom. The van der Waals surface area contributed by atoms with Crippen LogP contribution in [-0.4, -0.2) is 76.7 Å². The number of Topliss-reactive ketones (excluding diaryl/α,β-unsaturated/α-hetero) is 1. The molecule has 5 rings (SSSR count). The smallest absolute Gasteiger partial charge is 0.338 e. The fourth-order valence-corrected chi connectivity index (χ4v) is 5.12. The van der Waals surface area contributed by atoms with Crippen LogP contribution in [0.25, 0.3) is 10.9 Å². The molecule has 1 atom stereocenters. The Hall–Kier alpha value is -5.45. The molecule has 1 aliphatic heterocycles. The highest BCUT2D eigenvalue weighted by molar-refractivity contribution is 6.45. The summed E-state index contributed by atoms with van der Waals surface area (Å²) in [6, 6.07) is 19.4. The normalized spacial score (nSPS) is 14.7. The van der Waals surface area contributed by atoms with Gasteiger partial charge >= 0.3 is 12.0 Å². The summed E-state index contributed by atoms with van der Waals surface area (Å²) < 4.78 is 5.00. The SMILES string of the molecule is CCOC(=O)c1cccc(NC(=O)Nc2cccc3c(C(=O)C(=O)N4CCN(C(=O)c5ccccc5)CC4C)c[nH]c23)c1. The van der Waals surface area contributed by atoms with Crippen molar-refractivity contribution < 1.29 is 28.7 Å². The number of aromatic nitrogens is 1. The van der Waals surface area contributed by atoms with Crippen LogP contribution in [0.3, 0.4) is 0 Å². The number of benzene rings is 3. The Kier molecular flexibility index (Phi) is 8.51. The number of nitrogens with zero attached hydrogens (tertiary/aromatic N) is 2. The summed E-state index contributed by atoms with van der Waals surface area (Å²) >= 11 is 0. The van der Waals surface area contributed by atoms with E-state index in [2.05, 4.69) is 15.6 Å². The van der Waals surface area contributed by atoms with E-state index in [-0.39, 0.29) is 30.7 Å². The number of aromatic amines is 1. The van der Waals surface area contributed by atoms with Crippen LogP contribution in [0.15, 0.2) is 79.0 Å². The molecule has 11 heteroatoms. The van der Waals surface area contributed by atoms with Gasteiger partial charge in [-0.25, -0.2) is 9.59 Å². The lowest BCUT2D eigenvalue weighted by Gasteiger charge is -2.39. The van der Waals surface area contributed by atoms with Gasteiger partial charge in [-0.15, -0.1) is 0 Å². The first-order valence-electron chi connectivity index (χ1n) is 13.9. The predicted molar refractivity (Wildman–Crippen MR) is 161 cm³/mol. The number of ether oxygens (including phenoxy) is 1. The zero-order valence-electron chi connectivity index (χ0n) is 23.8. The average molecular weight is 582 g/mol. The summed E-state index contributed by atoms with van der Waals surface area (Å²) in [6.07, 6.45) is 1.46. The van der Waals surface area contributed by atoms with E-state index in [1.165, 1.54) is 17.2 Å². The number of rotatable bonds is 7. The molecule has 0 aliphatic carbocycles. The summed E-state index contributed by atoms with van der Waals surface area (Å²) in [7, 11) is 0. The Bertz CT molecular complexity index is 1700. The first-order chi connectivity index (χ1) is 20.8. The first kappa shape index (κ1) is 29.1. The van der Waals surface area contributed by atoms with E-state index in [0.29, 0.717) is 46.5 Å². The van der Waals surface area contributed by atoms with Gasteiger partial charge in [-0.3, -0.25) is 14.4 Å². The van der Waals surface area contributed by atoms with Crippen molar-refractivity contribution in [2.75, 3.05) is 36.9 Å². The fraction of sp³-hybridized carbons (Fsp3) is 0.219. The molecule has 1 fully saturated rings. The van der Waals surface area contributed by atoms with Crippen molar-refractivity contribution in [2.45, 2.75) is 19.9 Å². The van der Waals surface area contributed by atoms with Crippen LogP contribution in [0.2, 0.25) is 0 Å². The van der Waals surface area contributed by atoms with Crippen LogP contribution < -0.4 is 10.6 Å². The fourth-order valence-electron chi connectivity index (χ4n) is 5.12. The highest BCUT2D eigenvalue weighted by atomic mass is 16.5. The van der Waals surface area contributed by atoms with E-state index < -0.39 is 23.7 Å². The maximum Gasteiger partial charge on any atom is 0.338 e. The summed E-state index contributed by atoms with van der Waals surface area (Å²) in [4.78, 5) is 70.6. The van der Waals surface area contributed by atoms with E-state index in [1.54, 1.807) is 72.5 Å². The predicted octanol–water partition coefficient (Wildman–Crippen LogP) is 4.54. The third kappa shape index (κ3) is 6.25. The summed E-state index contributed by atoms with van der Waals surface area (Å²) in [5.41, 5.74) is 2.32. The number of ketones is 1. The number of esters is 1. The minimum atomic E-state index is -0.682. The third-order valence-electron chi connectivity index (χ3n) is 7.23. The average Bonchev–Trinajstić information content (AvgIpc) is 3.46. The summed E-state index contributed by atoms with van der Waals surface area (Å²) in [6.45, 7) is 4.62. The molecule has 1 aliphatic rings. The second-order valence-corrected chi connectivity index (χ2v) is 10.1. The minimum Gasteiger partial charge on any atom is -0.462 e. The number of carbonyl (C=O) groups excluding carboxylic acids is 5. The lowest BCUT2D eigenvalue weighted by Crippen LogP contribution is -2.56. The van der Waals surface area contributed by atoms with Crippen molar-refractivity contribution in [3.63, 3.8) is 0 Å². The molecule has 11 nitrogen and oxygen atoms in total. The van der Waals surface area contributed by atoms with Crippen LogP contribution in [-0.2, 0) is 9.53 Å². The molecule has 2 heterocycles. The van der Waals surface area contributed by atoms with Crippen molar-refractivity contribution in [3.8, 4) is 0 Å². The second-order valence-electron chi connectivity index (χ2n) is 10.1. The van der Waals surface area contributed by atoms with E-state index in [0.717, 1.165) is 0 Å². The zero-order chi connectivity index (χ0) is 30.5. The molecule has 3 N–H and O–H groups in total. The number of piperazine rings is 1. The first-order valence-corrected chi connectivity index (χ1v) is 13.9. The van der Waals surface area contributed by atoms with Gasteiger partial charge in [0.1, 0.15) is 0 Å². The molecular formula is C32H31N5O6. The van der Waals surface area contributed by atoms with Gasteiger partial charge in [-0.05, 0) is 50.2 Å². The quantitative estimate of drug-likeness (QED) is 0.166. The van der Waals surface area contributed by atoms with Crippen molar-refractivity contribution in [2.24, 2.45) is 0 Å². The van der Waals surface area contributed by atoms with Gasteiger partial charge in [0.05, 0.1) is 28.9 Å². The summed E-state index contributed by atoms with van der Waals surface area (Å²) in [5, 5.41) is 5.91. The van der Waals surface area contributed by atoms with Gasteiger partial charge in [-0.2, -0.15) is 0 Å². The lowest BCUT2D eigenvalue weighted by atomic mass is 10.1. The monoisotopic (exact) mass is 581 g/mol. The van der Waals surface area contributed by atoms with Crippen molar-refractivity contribution in [3.05, 3.63) is 95.7 Å². The summed E-state index contributed by atoms with van der Waals surface area (Å²) in [5.74, 6) is -1.94. The minimum absolute atomic E-state index is 0.113. The zero-order valence-corrected chi connectivity index (χ0v) is 23.8. The van der Waals surface area contributed by atoms with Crippen molar-refractivity contribution in [1.82, 2.24) is 14.8 Å². The number of anilines is 2. The topological polar surface area (TPSA) is 141 Å². The Balaban J connectivity index is 1.26. The van der Waals surface area contributed by atoms with Gasteiger partial charge in [0, 0.05) is 48.5 Å². The van der Waals surface area contributed by atoms with E-state index in [9.17, 15) is 24.0 Å². The molecule has 1 saturated heterocycles. The van der Waals surface area contributed by atoms with Crippen molar-refractivity contribution in [1.29, 1.82) is 0 Å². The lowest BCUT2D eigenvalue weighted by molar-refractivity contribution is -0.130. The number of carbonyl (C=O) groups is 5. The van der Waals surface area contributed by atoms with Gasteiger partial charge in [0.2, 0.25) is 0 Å². The van der Waals surface area contributed by atoms with Gasteiger partial charge in [0.25, 0.3) is 17.6 Å². The van der Waals surface area contributed by atoms with Gasteiger partial charge in [-0.1, -0.05) is 36.4 Å². The highest BCUT2D eigenvalue weighted by Crippen LogP contribution is 2.27. The maximum absolute atomic E-state index is 13.4. The molecule has 43 heavy (non-hydrogen) atoms. The van der Waals surface area contributed by atoms with E-state index in [4.69, 9.17) is 4.74 Å². The molecule has 220 valence electrons. The van der Waals surface area contributed by atoms with Crippen LogP contribution in [0.1, 0.15) is 44.9 Å². The number of nitrogens with one attached hydrogen (secondary N) is 3. The molecule has 0 spiro atoms. The Morgan fingerprint density at radius 1 is 0.907 bits per heavy atom. The Labute approximate surface area is 247 Å². The molecule has 0 bridgehead atoms. The third-order valence-corrected chi connectivity index (χ3v) is 7.23. The molecule has 1 aromatic heterocycles. The number of H-pyrrole nitrogens is 1. The molecule has 3 aromatic carbocycles. The standard InChI is InChI=1S/C32H31N5O6/c1-3-43-31(41)22-11-7-12-23(17-22)34-32(42)35-26-14-8-13-24-25(18-33-27(24)26)28(38)30(40)37-16-15-36(19-20(37)2)29(39)21-9-5-4-6-10-21/h4-14,17-18,20,33H,3,15-16,19H2,1-2H3,(H2,34,35,42). The van der Waals surface area contributed by atoms with Crippen LogP contribution in [0.5, 0.6) is 0 Å². The Morgan fingerprint density at radius 2 is 1.65 bits per heavy atom. The van der Waals surface area contributed by atoms with Crippen LogP contribution in [0, 0.1) is 0 Å². The number of para-hydroxylation sites is 1. The molecule has 4 amide bonds. The molecule has 1 unspecified atom stereocenters. The molecule has 4 aromatic rings. The second kappa shape index (κ2) is 12.6. The number of fused-ring (bicyclic) bond motifs is 1. The largest absolute Gasteiger partial charge is 0.462 e. The molecular weight excluding hydrogens is 550 g/mol. The molecule has 0 saturated carbocycles. The number of hydrogen-bond acceptors (Lipinski definition) is 6. The van der Waals surface area contributed by atoms with Crippen molar-refractivity contribution >= 4 is 51.9 Å².